The van der Waals surface area contributed by atoms with Gasteiger partial charge in [-0.2, -0.15) is 0 Å². The minimum Gasteiger partial charge on any atom is -0.381 e. The monoisotopic (exact) mass is 145 g/mol. The van der Waals surface area contributed by atoms with Gasteiger partial charge in [0.25, 0.3) is 0 Å². The molecule has 0 aromatic heterocycles. The molecule has 0 aliphatic carbocycles. The Morgan fingerprint density at radius 2 is 2.50 bits per heavy atom. The van der Waals surface area contributed by atoms with Crippen LogP contribution < -0.4 is 5.73 Å². The van der Waals surface area contributed by atoms with Crippen molar-refractivity contribution in [1.82, 2.24) is 0 Å². The van der Waals surface area contributed by atoms with Crippen molar-refractivity contribution >= 4 is 0 Å². The molecule has 0 saturated carbocycles. The lowest BCUT2D eigenvalue weighted by Crippen LogP contribution is -2.38. The first kappa shape index (κ1) is 7.98. The first-order valence-corrected chi connectivity index (χ1v) is 3.69. The number of nitrogens with two attached hydrogens (primary N) is 1. The van der Waals surface area contributed by atoms with Crippen molar-refractivity contribution in [3.05, 3.63) is 0 Å². The molecule has 1 fully saturated rings. The SMILES string of the molecule is COC1CCOCC1CN. The van der Waals surface area contributed by atoms with Gasteiger partial charge in [0.05, 0.1) is 12.7 Å². The molecule has 0 spiro atoms. The van der Waals surface area contributed by atoms with E-state index in [1.807, 2.05) is 0 Å². The van der Waals surface area contributed by atoms with E-state index in [9.17, 15) is 0 Å². The van der Waals surface area contributed by atoms with Gasteiger partial charge in [0.1, 0.15) is 0 Å². The molecule has 10 heavy (non-hydrogen) atoms. The highest BCUT2D eigenvalue weighted by atomic mass is 16.5. The van der Waals surface area contributed by atoms with Crippen LogP contribution in [0.3, 0.4) is 0 Å². The molecular weight excluding hydrogens is 130 g/mol. The molecular formula is C7H15NO2. The van der Waals surface area contributed by atoms with Crippen LogP contribution in [0.25, 0.3) is 0 Å². The summed E-state index contributed by atoms with van der Waals surface area (Å²) < 4.78 is 10.5. The van der Waals surface area contributed by atoms with Gasteiger partial charge in [0, 0.05) is 19.6 Å². The summed E-state index contributed by atoms with van der Waals surface area (Å²) in [6.45, 7) is 2.24. The Balaban J connectivity index is 2.34. The van der Waals surface area contributed by atoms with Gasteiger partial charge in [-0.05, 0) is 13.0 Å². The van der Waals surface area contributed by atoms with E-state index in [1.54, 1.807) is 7.11 Å². The van der Waals surface area contributed by atoms with Crippen LogP contribution in [0, 0.1) is 5.92 Å². The summed E-state index contributed by atoms with van der Waals surface area (Å²) in [5.74, 6) is 0.402. The van der Waals surface area contributed by atoms with Gasteiger partial charge < -0.3 is 15.2 Å². The normalized spacial score (nSPS) is 34.2. The maximum absolute atomic E-state index is 5.51. The van der Waals surface area contributed by atoms with Gasteiger partial charge in [-0.15, -0.1) is 0 Å². The van der Waals surface area contributed by atoms with Crippen LogP contribution in [0.4, 0.5) is 0 Å². The molecule has 0 amide bonds. The first-order chi connectivity index (χ1) is 4.88. The number of hydrogen-bond acceptors (Lipinski definition) is 3. The Bertz CT molecular complexity index is 85.6. The van der Waals surface area contributed by atoms with Gasteiger partial charge in [-0.3, -0.25) is 0 Å². The van der Waals surface area contributed by atoms with Gasteiger partial charge in [-0.25, -0.2) is 0 Å². The predicted molar refractivity (Wildman–Crippen MR) is 38.8 cm³/mol. The summed E-state index contributed by atoms with van der Waals surface area (Å²) in [5, 5.41) is 0. The van der Waals surface area contributed by atoms with Gasteiger partial charge in [0.15, 0.2) is 0 Å². The highest BCUT2D eigenvalue weighted by Crippen LogP contribution is 2.15. The molecule has 2 atom stereocenters. The van der Waals surface area contributed by atoms with Gasteiger partial charge in [-0.1, -0.05) is 0 Å². The Hall–Kier alpha value is -0.120. The van der Waals surface area contributed by atoms with Crippen molar-refractivity contribution in [1.29, 1.82) is 0 Å². The molecule has 0 radical (unpaired) electrons. The Kier molecular flexibility index (Phi) is 3.12. The average molecular weight is 145 g/mol. The zero-order valence-electron chi connectivity index (χ0n) is 6.38. The molecule has 1 saturated heterocycles. The van der Waals surface area contributed by atoms with Crippen molar-refractivity contribution in [3.8, 4) is 0 Å². The van der Waals surface area contributed by atoms with E-state index in [0.29, 0.717) is 18.6 Å². The molecule has 2 unspecified atom stereocenters. The molecule has 2 N–H and O–H groups in total. The second-order valence-corrected chi connectivity index (χ2v) is 2.63. The molecule has 3 heteroatoms. The Labute approximate surface area is 61.5 Å². The fourth-order valence-corrected chi connectivity index (χ4v) is 1.31. The summed E-state index contributed by atoms with van der Waals surface area (Å²) in [6.07, 6.45) is 1.30. The second kappa shape index (κ2) is 3.91. The summed E-state index contributed by atoms with van der Waals surface area (Å²) in [4.78, 5) is 0. The number of methoxy groups -OCH3 is 1. The predicted octanol–water partition coefficient (Wildman–Crippen LogP) is -0.00340. The van der Waals surface area contributed by atoms with Crippen molar-refractivity contribution in [3.63, 3.8) is 0 Å². The lowest BCUT2D eigenvalue weighted by Gasteiger charge is -2.29. The van der Waals surface area contributed by atoms with E-state index in [4.69, 9.17) is 15.2 Å². The third kappa shape index (κ3) is 1.68. The lowest BCUT2D eigenvalue weighted by atomic mass is 9.99. The van der Waals surface area contributed by atoms with Crippen LogP contribution >= 0.6 is 0 Å². The minimum absolute atomic E-state index is 0.318. The number of hydrogen-bond donors (Lipinski definition) is 1. The zero-order valence-corrected chi connectivity index (χ0v) is 6.38. The van der Waals surface area contributed by atoms with Crippen molar-refractivity contribution in [2.24, 2.45) is 11.7 Å². The highest BCUT2D eigenvalue weighted by molar-refractivity contribution is 4.74. The van der Waals surface area contributed by atoms with Crippen LogP contribution in [0.15, 0.2) is 0 Å². The second-order valence-electron chi connectivity index (χ2n) is 2.63. The molecule has 1 aliphatic rings. The highest BCUT2D eigenvalue weighted by Gasteiger charge is 2.23. The van der Waals surface area contributed by atoms with Crippen molar-refractivity contribution < 1.29 is 9.47 Å². The molecule has 0 aromatic carbocycles. The van der Waals surface area contributed by atoms with Crippen molar-refractivity contribution in [2.45, 2.75) is 12.5 Å². The number of rotatable bonds is 2. The molecule has 1 rings (SSSR count). The van der Waals surface area contributed by atoms with Crippen molar-refractivity contribution in [2.75, 3.05) is 26.9 Å². The van der Waals surface area contributed by atoms with Crippen LogP contribution in [-0.4, -0.2) is 33.0 Å². The molecule has 0 aromatic rings. The third-order valence-electron chi connectivity index (χ3n) is 2.01. The topological polar surface area (TPSA) is 44.5 Å². The third-order valence-corrected chi connectivity index (χ3v) is 2.01. The fourth-order valence-electron chi connectivity index (χ4n) is 1.31. The fraction of sp³-hybridized carbons (Fsp3) is 1.00. The van der Waals surface area contributed by atoms with Gasteiger partial charge in [0.2, 0.25) is 0 Å². The van der Waals surface area contributed by atoms with Gasteiger partial charge >= 0.3 is 0 Å². The molecule has 3 nitrogen and oxygen atoms in total. The summed E-state index contributed by atoms with van der Waals surface area (Å²) in [7, 11) is 1.73. The van der Waals surface area contributed by atoms with Crippen LogP contribution in [-0.2, 0) is 9.47 Å². The average Bonchev–Trinajstić information content (AvgIpc) is 2.04. The summed E-state index contributed by atoms with van der Waals surface area (Å²) >= 11 is 0. The summed E-state index contributed by atoms with van der Waals surface area (Å²) in [6, 6.07) is 0. The minimum atomic E-state index is 0.318. The molecule has 0 bridgehead atoms. The van der Waals surface area contributed by atoms with E-state index in [2.05, 4.69) is 0 Å². The summed E-state index contributed by atoms with van der Waals surface area (Å²) in [5.41, 5.74) is 5.51. The molecule has 1 heterocycles. The molecule has 60 valence electrons. The quantitative estimate of drug-likeness (QED) is 0.594. The Morgan fingerprint density at radius 3 is 3.00 bits per heavy atom. The zero-order chi connectivity index (χ0) is 7.40. The van der Waals surface area contributed by atoms with E-state index >= 15 is 0 Å². The van der Waals surface area contributed by atoms with Crippen LogP contribution in [0.2, 0.25) is 0 Å². The van der Waals surface area contributed by atoms with E-state index in [-0.39, 0.29) is 0 Å². The maximum Gasteiger partial charge on any atom is 0.0655 e. The maximum atomic E-state index is 5.51. The standard InChI is InChI=1S/C7H15NO2/c1-9-7-2-3-10-5-6(7)4-8/h6-7H,2-5,8H2,1H3. The molecule has 1 aliphatic heterocycles. The van der Waals surface area contributed by atoms with Crippen LogP contribution in [0.5, 0.6) is 0 Å². The van der Waals surface area contributed by atoms with E-state index in [0.717, 1.165) is 19.6 Å². The first-order valence-electron chi connectivity index (χ1n) is 3.69. The van der Waals surface area contributed by atoms with E-state index < -0.39 is 0 Å². The lowest BCUT2D eigenvalue weighted by molar-refractivity contribution is -0.0525. The van der Waals surface area contributed by atoms with E-state index in [1.165, 1.54) is 0 Å². The van der Waals surface area contributed by atoms with Crippen LogP contribution in [0.1, 0.15) is 6.42 Å². The number of ether oxygens (including phenoxy) is 2. The largest absolute Gasteiger partial charge is 0.381 e. The smallest absolute Gasteiger partial charge is 0.0655 e. The Morgan fingerprint density at radius 1 is 1.70 bits per heavy atom.